The first-order valence-electron chi connectivity index (χ1n) is 6.74. The van der Waals surface area contributed by atoms with Crippen LogP contribution in [0, 0.1) is 6.92 Å². The second kappa shape index (κ2) is 5.37. The number of nitrogens with zero attached hydrogens (tertiary/aromatic N) is 1. The lowest BCUT2D eigenvalue weighted by Gasteiger charge is -2.09. The molecule has 0 N–H and O–H groups in total. The molecule has 104 valence electrons. The highest BCUT2D eigenvalue weighted by Crippen LogP contribution is 2.26. The SMILES string of the molecule is COC(=O)c1cc(-c2ccccc2)nc2ccc(C)cc12. The highest BCUT2D eigenvalue weighted by molar-refractivity contribution is 6.04. The third-order valence-corrected chi connectivity index (χ3v) is 3.44. The van der Waals surface area contributed by atoms with Crippen LogP contribution in [0.1, 0.15) is 15.9 Å². The maximum atomic E-state index is 12.1. The lowest BCUT2D eigenvalue weighted by atomic mass is 10.0. The van der Waals surface area contributed by atoms with E-state index in [0.717, 1.165) is 27.7 Å². The van der Waals surface area contributed by atoms with Crippen molar-refractivity contribution in [2.24, 2.45) is 0 Å². The Balaban J connectivity index is 2.30. The van der Waals surface area contributed by atoms with Crippen LogP contribution in [-0.2, 0) is 4.74 Å². The van der Waals surface area contributed by atoms with Crippen molar-refractivity contribution in [3.63, 3.8) is 0 Å². The molecule has 1 aromatic heterocycles. The molecule has 3 nitrogen and oxygen atoms in total. The third kappa shape index (κ3) is 2.50. The first-order chi connectivity index (χ1) is 10.2. The summed E-state index contributed by atoms with van der Waals surface area (Å²) in [5.41, 5.74) is 4.17. The summed E-state index contributed by atoms with van der Waals surface area (Å²) in [4.78, 5) is 16.7. The zero-order chi connectivity index (χ0) is 14.8. The number of benzene rings is 2. The number of methoxy groups -OCH3 is 1. The van der Waals surface area contributed by atoms with Gasteiger partial charge in [0.2, 0.25) is 0 Å². The van der Waals surface area contributed by atoms with E-state index in [0.29, 0.717) is 5.56 Å². The molecule has 3 heteroatoms. The molecule has 0 saturated carbocycles. The van der Waals surface area contributed by atoms with Gasteiger partial charge in [0.25, 0.3) is 0 Å². The number of rotatable bonds is 2. The number of aryl methyl sites for hydroxylation is 1. The summed E-state index contributed by atoms with van der Waals surface area (Å²) in [6.45, 7) is 1.99. The smallest absolute Gasteiger partial charge is 0.338 e. The molecule has 0 amide bonds. The summed E-state index contributed by atoms with van der Waals surface area (Å²) in [6, 6.07) is 17.5. The second-order valence-electron chi connectivity index (χ2n) is 4.93. The van der Waals surface area contributed by atoms with Crippen LogP contribution in [0.3, 0.4) is 0 Å². The van der Waals surface area contributed by atoms with Gasteiger partial charge in [0.05, 0.1) is 23.9 Å². The lowest BCUT2D eigenvalue weighted by molar-refractivity contribution is 0.0603. The highest BCUT2D eigenvalue weighted by Gasteiger charge is 2.14. The van der Waals surface area contributed by atoms with Gasteiger partial charge in [-0.1, -0.05) is 42.0 Å². The predicted octanol–water partition coefficient (Wildman–Crippen LogP) is 4.00. The Morgan fingerprint density at radius 1 is 1.05 bits per heavy atom. The van der Waals surface area contributed by atoms with Crippen LogP contribution < -0.4 is 0 Å². The number of hydrogen-bond acceptors (Lipinski definition) is 3. The molecule has 3 rings (SSSR count). The molecule has 0 unspecified atom stereocenters. The van der Waals surface area contributed by atoms with Gasteiger partial charge in [-0.25, -0.2) is 9.78 Å². The molecule has 0 radical (unpaired) electrons. The summed E-state index contributed by atoms with van der Waals surface area (Å²) in [7, 11) is 1.40. The Hall–Kier alpha value is -2.68. The number of pyridine rings is 1. The maximum absolute atomic E-state index is 12.1. The van der Waals surface area contributed by atoms with E-state index in [2.05, 4.69) is 4.98 Å². The number of hydrogen-bond donors (Lipinski definition) is 0. The van der Waals surface area contributed by atoms with E-state index in [1.54, 1.807) is 6.07 Å². The summed E-state index contributed by atoms with van der Waals surface area (Å²) in [5, 5.41) is 0.821. The van der Waals surface area contributed by atoms with Crippen LogP contribution >= 0.6 is 0 Å². The first-order valence-corrected chi connectivity index (χ1v) is 6.74. The minimum absolute atomic E-state index is 0.342. The van der Waals surface area contributed by atoms with E-state index in [-0.39, 0.29) is 5.97 Å². The van der Waals surface area contributed by atoms with E-state index < -0.39 is 0 Å². The van der Waals surface area contributed by atoms with Crippen LogP contribution in [0.5, 0.6) is 0 Å². The molecule has 3 aromatic rings. The van der Waals surface area contributed by atoms with Gasteiger partial charge < -0.3 is 4.74 Å². The van der Waals surface area contributed by atoms with Gasteiger partial charge in [-0.2, -0.15) is 0 Å². The molecule has 1 heterocycles. The fourth-order valence-corrected chi connectivity index (χ4v) is 2.38. The van der Waals surface area contributed by atoms with Crippen molar-refractivity contribution in [3.05, 3.63) is 65.7 Å². The molecule has 0 aliphatic carbocycles. The third-order valence-electron chi connectivity index (χ3n) is 3.44. The molecule has 21 heavy (non-hydrogen) atoms. The minimum atomic E-state index is -0.342. The van der Waals surface area contributed by atoms with Crippen LogP contribution in [0.15, 0.2) is 54.6 Å². The molecular formula is C18H15NO2. The standard InChI is InChI=1S/C18H15NO2/c1-12-8-9-16-14(10-12)15(18(20)21-2)11-17(19-16)13-6-4-3-5-7-13/h3-11H,1-2H3. The fraction of sp³-hybridized carbons (Fsp3) is 0.111. The molecule has 0 fully saturated rings. The molecule has 0 aliphatic heterocycles. The summed E-state index contributed by atoms with van der Waals surface area (Å²) >= 11 is 0. The Bertz CT molecular complexity index is 810. The fourth-order valence-electron chi connectivity index (χ4n) is 2.38. The summed E-state index contributed by atoms with van der Waals surface area (Å²) in [5.74, 6) is -0.342. The number of carbonyl (C=O) groups excluding carboxylic acids is 1. The predicted molar refractivity (Wildman–Crippen MR) is 83.3 cm³/mol. The zero-order valence-corrected chi connectivity index (χ0v) is 12.0. The van der Waals surface area contributed by atoms with Crippen LogP contribution in [0.2, 0.25) is 0 Å². The molecule has 0 spiro atoms. The zero-order valence-electron chi connectivity index (χ0n) is 12.0. The van der Waals surface area contributed by atoms with Crippen molar-refractivity contribution in [1.82, 2.24) is 4.98 Å². The molecule has 0 saturated heterocycles. The Kier molecular flexibility index (Phi) is 3.40. The summed E-state index contributed by atoms with van der Waals surface area (Å²) in [6.07, 6.45) is 0. The van der Waals surface area contributed by atoms with Gasteiger partial charge in [0.1, 0.15) is 0 Å². The Morgan fingerprint density at radius 2 is 1.81 bits per heavy atom. The Labute approximate surface area is 123 Å². The number of aromatic nitrogens is 1. The van der Waals surface area contributed by atoms with Gasteiger partial charge in [0, 0.05) is 10.9 Å². The quantitative estimate of drug-likeness (QED) is 0.665. The molecule has 0 bridgehead atoms. The van der Waals surface area contributed by atoms with E-state index in [9.17, 15) is 4.79 Å². The normalized spacial score (nSPS) is 10.6. The highest BCUT2D eigenvalue weighted by atomic mass is 16.5. The Morgan fingerprint density at radius 3 is 2.52 bits per heavy atom. The number of fused-ring (bicyclic) bond motifs is 1. The topological polar surface area (TPSA) is 39.2 Å². The van der Waals surface area contributed by atoms with Gasteiger partial charge >= 0.3 is 5.97 Å². The van der Waals surface area contributed by atoms with Gasteiger partial charge in [-0.05, 0) is 25.1 Å². The van der Waals surface area contributed by atoms with Crippen LogP contribution in [0.4, 0.5) is 0 Å². The van der Waals surface area contributed by atoms with E-state index in [4.69, 9.17) is 4.74 Å². The summed E-state index contributed by atoms with van der Waals surface area (Å²) < 4.78 is 4.91. The second-order valence-corrected chi connectivity index (χ2v) is 4.93. The average molecular weight is 277 g/mol. The molecule has 2 aromatic carbocycles. The lowest BCUT2D eigenvalue weighted by Crippen LogP contribution is -2.04. The first kappa shape index (κ1) is 13.3. The van der Waals surface area contributed by atoms with Crippen LogP contribution in [0.25, 0.3) is 22.2 Å². The number of esters is 1. The van der Waals surface area contributed by atoms with Gasteiger partial charge in [0.15, 0.2) is 0 Å². The van der Waals surface area contributed by atoms with Crippen molar-refractivity contribution < 1.29 is 9.53 Å². The molecule has 0 aliphatic rings. The number of ether oxygens (including phenoxy) is 1. The average Bonchev–Trinajstić information content (AvgIpc) is 2.54. The van der Waals surface area contributed by atoms with E-state index in [1.807, 2.05) is 55.5 Å². The van der Waals surface area contributed by atoms with Crippen molar-refractivity contribution in [2.75, 3.05) is 7.11 Å². The van der Waals surface area contributed by atoms with Crippen molar-refractivity contribution >= 4 is 16.9 Å². The number of carbonyl (C=O) groups is 1. The van der Waals surface area contributed by atoms with Crippen molar-refractivity contribution in [2.45, 2.75) is 6.92 Å². The minimum Gasteiger partial charge on any atom is -0.465 e. The van der Waals surface area contributed by atoms with Crippen molar-refractivity contribution in [3.8, 4) is 11.3 Å². The van der Waals surface area contributed by atoms with Gasteiger partial charge in [-0.15, -0.1) is 0 Å². The van der Waals surface area contributed by atoms with Crippen molar-refractivity contribution in [1.29, 1.82) is 0 Å². The largest absolute Gasteiger partial charge is 0.465 e. The van der Waals surface area contributed by atoms with E-state index >= 15 is 0 Å². The molecule has 0 atom stereocenters. The van der Waals surface area contributed by atoms with Crippen LogP contribution in [-0.4, -0.2) is 18.1 Å². The van der Waals surface area contributed by atoms with E-state index in [1.165, 1.54) is 7.11 Å². The maximum Gasteiger partial charge on any atom is 0.338 e. The monoisotopic (exact) mass is 277 g/mol. The van der Waals surface area contributed by atoms with Gasteiger partial charge in [-0.3, -0.25) is 0 Å². The molecular weight excluding hydrogens is 262 g/mol.